The number of benzene rings is 5. The van der Waals surface area contributed by atoms with E-state index in [4.69, 9.17) is 28.8 Å². The van der Waals surface area contributed by atoms with Gasteiger partial charge in [-0.3, -0.25) is 28.6 Å². The van der Waals surface area contributed by atoms with Crippen molar-refractivity contribution < 1.29 is 43.0 Å². The molecule has 2 aliphatic heterocycles. The zero-order chi connectivity index (χ0) is 59.0. The molecule has 2 unspecified atom stereocenters. The second-order valence-electron chi connectivity index (χ2n) is 19.0. The van der Waals surface area contributed by atoms with E-state index in [9.17, 15) is 28.8 Å². The second kappa shape index (κ2) is 28.7. The fourth-order valence-corrected chi connectivity index (χ4v) is 12.3. The molecule has 2 aromatic heterocycles. The summed E-state index contributed by atoms with van der Waals surface area (Å²) in [5.74, 6) is -2.84. The first-order valence-corrected chi connectivity index (χ1v) is 30.1. The minimum absolute atomic E-state index is 0.0705. The maximum Gasteiger partial charge on any atom is 0.356 e. The fourth-order valence-electron chi connectivity index (χ4n) is 9.45. The average Bonchev–Trinajstić information content (AvgIpc) is 4.20. The summed E-state index contributed by atoms with van der Waals surface area (Å²) in [5.41, 5.74) is 1.50. The number of unbranched alkanes of at least 4 members (excludes halogenated alkanes) is 1. The smallest absolute Gasteiger partial charge is 0.356 e. The Morgan fingerprint density at radius 1 is 0.798 bits per heavy atom. The summed E-state index contributed by atoms with van der Waals surface area (Å²) < 4.78 is 25.0. The molecule has 1 saturated heterocycles. The number of thioether (sulfide) groups is 2. The molecule has 84 heavy (non-hydrogen) atoms. The zero-order valence-electron chi connectivity index (χ0n) is 46.5. The van der Waals surface area contributed by atoms with Crippen LogP contribution in [0.2, 0.25) is 0 Å². The highest BCUT2D eigenvalue weighted by Gasteiger charge is 2.55. The van der Waals surface area contributed by atoms with Crippen molar-refractivity contribution in [1.82, 2.24) is 29.5 Å². The first-order valence-electron chi connectivity index (χ1n) is 27.3. The molecule has 1 fully saturated rings. The molecule has 9 rings (SSSR count). The van der Waals surface area contributed by atoms with Crippen molar-refractivity contribution in [3.63, 3.8) is 0 Å². The Kier molecular flexibility index (Phi) is 20.6. The monoisotopic (exact) mass is 1190 g/mol. The molecule has 19 nitrogen and oxygen atoms in total. The van der Waals surface area contributed by atoms with Crippen LogP contribution in [0.25, 0.3) is 0 Å². The highest BCUT2D eigenvalue weighted by Crippen LogP contribution is 2.43. The summed E-state index contributed by atoms with van der Waals surface area (Å²) in [6, 6.07) is 46.9. The maximum atomic E-state index is 15.0. The summed E-state index contributed by atoms with van der Waals surface area (Å²) in [5, 5.41) is 18.1. The fraction of sp³-hybridized carbons (Fsp3) is 0.274. The lowest BCUT2D eigenvalue weighted by molar-refractivity contribution is -0.154. The van der Waals surface area contributed by atoms with Crippen LogP contribution in [0.3, 0.4) is 0 Å². The van der Waals surface area contributed by atoms with Gasteiger partial charge < -0.3 is 34.4 Å². The second-order valence-corrected chi connectivity index (χ2v) is 21.9. The van der Waals surface area contributed by atoms with Gasteiger partial charge in [-0.25, -0.2) is 19.3 Å². The van der Waals surface area contributed by atoms with Crippen LogP contribution < -0.4 is 21.8 Å². The predicted octanol–water partition coefficient (Wildman–Crippen LogP) is 8.56. The van der Waals surface area contributed by atoms with Gasteiger partial charge in [-0.1, -0.05) is 182 Å². The van der Waals surface area contributed by atoms with E-state index in [1.165, 1.54) is 35.0 Å². The Balaban J connectivity index is 1.03. The van der Waals surface area contributed by atoms with E-state index in [0.717, 1.165) is 44.1 Å². The first-order chi connectivity index (χ1) is 40.9. The van der Waals surface area contributed by atoms with Gasteiger partial charge in [-0.2, -0.15) is 0 Å². The van der Waals surface area contributed by atoms with Crippen molar-refractivity contribution in [3.05, 3.63) is 234 Å². The van der Waals surface area contributed by atoms with Crippen molar-refractivity contribution in [2.75, 3.05) is 37.5 Å². The third-order valence-corrected chi connectivity index (χ3v) is 16.5. The van der Waals surface area contributed by atoms with Gasteiger partial charge in [0.05, 0.1) is 13.2 Å². The molecule has 2 N–H and O–H groups in total. The quantitative estimate of drug-likeness (QED) is 0.00566. The number of rotatable bonds is 27. The van der Waals surface area contributed by atoms with E-state index >= 15 is 0 Å². The van der Waals surface area contributed by atoms with Crippen LogP contribution in [0.15, 0.2) is 200 Å². The minimum Gasteiger partial charge on any atom is -0.463 e. The molecule has 0 saturated carbocycles. The van der Waals surface area contributed by atoms with Gasteiger partial charge in [-0.15, -0.1) is 28.2 Å². The Morgan fingerprint density at radius 3 is 1.93 bits per heavy atom. The number of hydrogen-bond acceptors (Lipinski definition) is 18. The molecule has 7 aromatic rings. The van der Waals surface area contributed by atoms with Crippen LogP contribution in [0.4, 0.5) is 5.13 Å². The van der Waals surface area contributed by atoms with Crippen molar-refractivity contribution in [1.29, 1.82) is 0 Å². The number of ether oxygens (including phenoxy) is 4. The lowest BCUT2D eigenvalue weighted by Crippen LogP contribution is -2.71. The topological polar surface area (TPSA) is 224 Å². The molecule has 2 aliphatic rings. The molecular weight excluding hydrogens is 1130 g/mol. The van der Waals surface area contributed by atoms with E-state index in [0.29, 0.717) is 41.5 Å². The number of β-lactam (4-membered cyclic amide) rings is 1. The number of carbonyl (C=O) groups is 4. The Hall–Kier alpha value is -8.41. The van der Waals surface area contributed by atoms with Crippen LogP contribution in [0.5, 0.6) is 0 Å². The number of carbonyl (C=O) groups excluding carboxylic acids is 4. The minimum atomic E-state index is -1.19. The molecule has 2 atom stereocenters. The molecule has 0 spiro atoms. The molecular formula is C62H62N8O11S3. The summed E-state index contributed by atoms with van der Waals surface area (Å²) in [6.45, 7) is 5.56. The number of thiazole rings is 1. The zero-order valence-corrected chi connectivity index (χ0v) is 49.0. The van der Waals surface area contributed by atoms with Crippen LogP contribution in [-0.2, 0) is 62.1 Å². The molecule has 0 bridgehead atoms. The summed E-state index contributed by atoms with van der Waals surface area (Å²) in [4.78, 5) is 95.3. The molecule has 0 aliphatic carbocycles. The van der Waals surface area contributed by atoms with Crippen LogP contribution in [-0.4, -0.2) is 104 Å². The molecule has 0 radical (unpaired) electrons. The third-order valence-electron chi connectivity index (χ3n) is 13.6. The van der Waals surface area contributed by atoms with Crippen molar-refractivity contribution in [3.8, 4) is 0 Å². The van der Waals surface area contributed by atoms with Crippen LogP contribution in [0, 0.1) is 0 Å². The number of hydrogen-bond donors (Lipinski definition) is 2. The number of amides is 2. The first kappa shape index (κ1) is 60.2. The summed E-state index contributed by atoms with van der Waals surface area (Å²) >= 11 is 3.51. The van der Waals surface area contributed by atoms with Gasteiger partial charge in [0, 0.05) is 31.4 Å². The van der Waals surface area contributed by atoms with Gasteiger partial charge in [0.25, 0.3) is 11.8 Å². The number of esters is 2. The van der Waals surface area contributed by atoms with Gasteiger partial charge in [0.1, 0.15) is 28.3 Å². The lowest BCUT2D eigenvalue weighted by atomic mass is 9.77. The third kappa shape index (κ3) is 13.8. The van der Waals surface area contributed by atoms with Gasteiger partial charge in [0.2, 0.25) is 6.61 Å². The standard InChI is InChI=1S/C62H62N8O11S3/c1-5-8-35-79-48(71)38-80-67-50(47-40-84-60(63-47)65-62(44-28-18-11-19-29-44,45-30-20-12-21-31-45)46-32-22-13-23-33-46)54(72)64-51-55(73)70-52(59(76)81-53(41-24-14-9-15-25-41)42-26-16-10-17-27-42)43(39-83-58(51)70)34-36-82-61-66-69(57(75)56(74)68(61)4)37-49(77-6-2)78-7-3/h9-34,36,40,49,51,53,58H,5-8,35,37-39H2,1-4H3,(H,63,65)(H,64,72). The number of nitrogens with zero attached hydrogens (tertiary/aromatic N) is 6. The number of aromatic nitrogens is 4. The highest BCUT2D eigenvalue weighted by atomic mass is 32.2. The van der Waals surface area contributed by atoms with Crippen LogP contribution >= 0.6 is 34.9 Å². The summed E-state index contributed by atoms with van der Waals surface area (Å²) in [6.07, 6.45) is 1.36. The Bertz CT molecular complexity index is 3480. The van der Waals surface area contributed by atoms with Crippen molar-refractivity contribution in [2.24, 2.45) is 12.2 Å². The number of fused-ring (bicyclic) bond motifs is 1. The van der Waals surface area contributed by atoms with Crippen molar-refractivity contribution in [2.45, 2.75) is 74.7 Å². The van der Waals surface area contributed by atoms with Crippen LogP contribution in [0.1, 0.15) is 73.2 Å². The predicted molar refractivity (Wildman–Crippen MR) is 322 cm³/mol. The lowest BCUT2D eigenvalue weighted by Gasteiger charge is -2.49. The summed E-state index contributed by atoms with van der Waals surface area (Å²) in [7, 11) is 1.42. The van der Waals surface area contributed by atoms with E-state index in [1.54, 1.807) is 30.7 Å². The van der Waals surface area contributed by atoms with E-state index in [2.05, 4.69) is 20.9 Å². The number of oxime groups is 1. The van der Waals surface area contributed by atoms with Gasteiger partial charge in [-0.05, 0) is 65.1 Å². The molecule has 22 heteroatoms. The molecule has 4 heterocycles. The van der Waals surface area contributed by atoms with E-state index in [1.807, 2.05) is 159 Å². The van der Waals surface area contributed by atoms with E-state index < -0.39 is 70.8 Å². The Labute approximate surface area is 497 Å². The van der Waals surface area contributed by atoms with Gasteiger partial charge in [0.15, 0.2) is 28.4 Å². The number of allylic oxidation sites excluding steroid dienone is 1. The Morgan fingerprint density at radius 2 is 1.37 bits per heavy atom. The number of nitrogens with one attached hydrogen (secondary N) is 2. The normalized spacial score (nSPS) is 15.2. The van der Waals surface area contributed by atoms with E-state index in [-0.39, 0.29) is 41.2 Å². The number of anilines is 1. The largest absolute Gasteiger partial charge is 0.463 e. The maximum absolute atomic E-state index is 15.0. The molecule has 2 amide bonds. The van der Waals surface area contributed by atoms with Crippen molar-refractivity contribution >= 4 is 69.5 Å². The SMILES string of the molecule is CCCCOC(=O)CON=C(C(=O)NC1C(=O)N2C(C(=O)OC(c3ccccc3)c3ccccc3)=C(C=CSc3nn(CC(OCC)OCC)c(=O)c(=O)n3C)CSC12)c1csc(NC(c2ccccc2)(c2ccccc2)c2ccccc2)n1. The molecule has 434 valence electrons. The highest BCUT2D eigenvalue weighted by molar-refractivity contribution is 8.02. The average molecular weight is 1190 g/mol. The van der Waals surface area contributed by atoms with Gasteiger partial charge >= 0.3 is 23.1 Å². The molecule has 5 aromatic carbocycles.